The first-order chi connectivity index (χ1) is 2.89. The van der Waals surface area contributed by atoms with Gasteiger partial charge in [0, 0.05) is 0 Å². The number of aromatic nitrogens is 3. The highest BCUT2D eigenvalue weighted by atomic mass is 32.2. The van der Waals surface area contributed by atoms with E-state index in [9.17, 15) is 0 Å². The van der Waals surface area contributed by atoms with E-state index in [0.29, 0.717) is 3.95 Å². The van der Waals surface area contributed by atoms with Gasteiger partial charge in [0.2, 0.25) is 3.95 Å². The molecule has 1 heterocycles. The van der Waals surface area contributed by atoms with Gasteiger partial charge in [0.15, 0.2) is 0 Å². The van der Waals surface area contributed by atoms with Gasteiger partial charge in [0.1, 0.15) is 0 Å². The van der Waals surface area contributed by atoms with Crippen molar-refractivity contribution < 1.29 is 0 Å². The quantitative estimate of drug-likeness (QED) is 0.508. The van der Waals surface area contributed by atoms with E-state index >= 15 is 0 Å². The van der Waals surface area contributed by atoms with E-state index in [4.69, 9.17) is 0 Å². The zero-order chi connectivity index (χ0) is 4.41. The normalized spacial score (nSPS) is 8.67. The SMILES string of the molecule is S=c1nn[nH]s1. The van der Waals surface area contributed by atoms with Crippen LogP contribution in [0.25, 0.3) is 0 Å². The van der Waals surface area contributed by atoms with Gasteiger partial charge in [-0.1, -0.05) is 5.21 Å². The molecule has 1 rings (SSSR count). The van der Waals surface area contributed by atoms with Crippen LogP contribution in [0.3, 0.4) is 0 Å². The Morgan fingerprint density at radius 3 is 2.83 bits per heavy atom. The lowest BCUT2D eigenvalue weighted by Gasteiger charge is -1.44. The Kier molecular flexibility index (Phi) is 0.932. The molecule has 0 bridgehead atoms. The molecule has 0 aromatic carbocycles. The molecular weight excluding hydrogens is 118 g/mol. The van der Waals surface area contributed by atoms with Gasteiger partial charge in [-0.3, -0.25) is 0 Å². The second-order valence-electron chi connectivity index (χ2n) is 0.659. The number of aromatic amines is 1. The molecule has 0 aliphatic rings. The molecule has 32 valence electrons. The standard InChI is InChI=1S/CHN3S2/c5-1-2-3-4-6-1/h(H,2,4,5). The van der Waals surface area contributed by atoms with Crippen LogP contribution in [-0.4, -0.2) is 14.8 Å². The molecule has 0 unspecified atom stereocenters. The summed E-state index contributed by atoms with van der Waals surface area (Å²) in [5, 5.41) is 6.81. The second-order valence-corrected chi connectivity index (χ2v) is 2.08. The molecule has 3 nitrogen and oxygen atoms in total. The molecule has 6 heavy (non-hydrogen) atoms. The molecule has 1 aromatic heterocycles. The van der Waals surface area contributed by atoms with Crippen molar-refractivity contribution in [1.29, 1.82) is 0 Å². The van der Waals surface area contributed by atoms with Crippen molar-refractivity contribution in [1.82, 2.24) is 14.8 Å². The highest BCUT2D eigenvalue weighted by Crippen LogP contribution is 1.82. The highest BCUT2D eigenvalue weighted by Gasteiger charge is 1.71. The molecule has 0 atom stereocenters. The summed E-state index contributed by atoms with van der Waals surface area (Å²) in [6.45, 7) is 0. The first kappa shape index (κ1) is 3.89. The Balaban J connectivity index is 3.41. The van der Waals surface area contributed by atoms with Crippen molar-refractivity contribution in [3.05, 3.63) is 3.95 Å². The minimum atomic E-state index is 0.551. The summed E-state index contributed by atoms with van der Waals surface area (Å²) >= 11 is 5.80. The maximum absolute atomic E-state index is 4.56. The molecular formula is CHN3S2. The molecule has 0 aliphatic carbocycles. The third-order valence-corrected chi connectivity index (χ3v) is 1.07. The van der Waals surface area contributed by atoms with Crippen molar-refractivity contribution in [3.63, 3.8) is 0 Å². The van der Waals surface area contributed by atoms with Crippen LogP contribution in [0.1, 0.15) is 0 Å². The van der Waals surface area contributed by atoms with E-state index in [1.54, 1.807) is 0 Å². The predicted molar refractivity (Wildman–Crippen MR) is 25.1 cm³/mol. The van der Waals surface area contributed by atoms with Crippen LogP contribution < -0.4 is 0 Å². The maximum Gasteiger partial charge on any atom is 0.221 e. The molecule has 1 N–H and O–H groups in total. The lowest BCUT2D eigenvalue weighted by molar-refractivity contribution is 0.952. The fourth-order valence-electron chi connectivity index (χ4n) is 0.141. The van der Waals surface area contributed by atoms with E-state index in [2.05, 4.69) is 27.0 Å². The number of nitrogens with zero attached hydrogens (tertiary/aromatic N) is 2. The number of nitrogens with one attached hydrogen (secondary N) is 1. The molecule has 0 aliphatic heterocycles. The van der Waals surface area contributed by atoms with Gasteiger partial charge in [-0.05, 0) is 23.8 Å². The number of rotatable bonds is 0. The van der Waals surface area contributed by atoms with E-state index in [-0.39, 0.29) is 0 Å². The summed E-state index contributed by atoms with van der Waals surface area (Å²) in [5.41, 5.74) is 0. The molecule has 0 spiro atoms. The molecule has 0 radical (unpaired) electrons. The Morgan fingerprint density at radius 1 is 1.83 bits per heavy atom. The van der Waals surface area contributed by atoms with E-state index in [1.807, 2.05) is 0 Å². The number of hydrogen-bond donors (Lipinski definition) is 1. The first-order valence-corrected chi connectivity index (χ1v) is 2.48. The van der Waals surface area contributed by atoms with Crippen molar-refractivity contribution in [3.8, 4) is 0 Å². The third-order valence-electron chi connectivity index (χ3n) is 0.305. The smallest absolute Gasteiger partial charge is 0.211 e. The first-order valence-electron chi connectivity index (χ1n) is 1.26. The minimum Gasteiger partial charge on any atom is -0.211 e. The topological polar surface area (TPSA) is 41.6 Å². The predicted octanol–water partition coefficient (Wildman–Crippen LogP) is 0.596. The summed E-state index contributed by atoms with van der Waals surface area (Å²) in [5.74, 6) is 0. The number of H-pyrrole nitrogens is 1. The van der Waals surface area contributed by atoms with Gasteiger partial charge in [-0.2, -0.15) is 0 Å². The van der Waals surface area contributed by atoms with Gasteiger partial charge >= 0.3 is 0 Å². The van der Waals surface area contributed by atoms with Crippen LogP contribution in [0.4, 0.5) is 0 Å². The van der Waals surface area contributed by atoms with Gasteiger partial charge in [-0.15, -0.1) is 5.10 Å². The average molecular weight is 119 g/mol. The van der Waals surface area contributed by atoms with Gasteiger partial charge in [0.05, 0.1) is 0 Å². The second kappa shape index (κ2) is 1.44. The van der Waals surface area contributed by atoms with E-state index < -0.39 is 0 Å². The van der Waals surface area contributed by atoms with Crippen molar-refractivity contribution in [2.45, 2.75) is 0 Å². The summed E-state index contributed by atoms with van der Waals surface area (Å²) in [7, 11) is 0. The van der Waals surface area contributed by atoms with Crippen LogP contribution in [-0.2, 0) is 0 Å². The molecule has 5 heteroatoms. The fourth-order valence-corrected chi connectivity index (χ4v) is 0.535. The van der Waals surface area contributed by atoms with Gasteiger partial charge in [-0.25, -0.2) is 4.49 Å². The van der Waals surface area contributed by atoms with Crippen LogP contribution in [0.15, 0.2) is 0 Å². The largest absolute Gasteiger partial charge is 0.221 e. The Hall–Kier alpha value is -0.290. The van der Waals surface area contributed by atoms with Crippen LogP contribution in [0.5, 0.6) is 0 Å². The van der Waals surface area contributed by atoms with Gasteiger partial charge in [0.25, 0.3) is 0 Å². The fraction of sp³-hybridized carbons (Fsp3) is 0. The molecule has 0 amide bonds. The van der Waals surface area contributed by atoms with Crippen molar-refractivity contribution in [2.75, 3.05) is 0 Å². The summed E-state index contributed by atoms with van der Waals surface area (Å²) < 4.78 is 3.06. The maximum atomic E-state index is 4.56. The molecule has 0 saturated heterocycles. The van der Waals surface area contributed by atoms with Crippen molar-refractivity contribution >= 4 is 23.8 Å². The van der Waals surface area contributed by atoms with Crippen LogP contribution in [0.2, 0.25) is 0 Å². The summed E-state index contributed by atoms with van der Waals surface area (Å²) in [4.78, 5) is 0. The Morgan fingerprint density at radius 2 is 2.67 bits per heavy atom. The third kappa shape index (κ3) is 0.605. The van der Waals surface area contributed by atoms with Crippen LogP contribution in [0, 0.1) is 3.95 Å². The number of hydrogen-bond acceptors (Lipinski definition) is 4. The minimum absolute atomic E-state index is 0.551. The van der Waals surface area contributed by atoms with E-state index in [1.165, 1.54) is 11.5 Å². The van der Waals surface area contributed by atoms with E-state index in [0.717, 1.165) is 0 Å². The van der Waals surface area contributed by atoms with Crippen LogP contribution >= 0.6 is 23.8 Å². The van der Waals surface area contributed by atoms with Gasteiger partial charge < -0.3 is 0 Å². The lowest BCUT2D eigenvalue weighted by Crippen LogP contribution is -1.62. The zero-order valence-corrected chi connectivity index (χ0v) is 4.34. The highest BCUT2D eigenvalue weighted by molar-refractivity contribution is 7.73. The zero-order valence-electron chi connectivity index (χ0n) is 2.71. The Labute approximate surface area is 43.2 Å². The monoisotopic (exact) mass is 119 g/mol. The van der Waals surface area contributed by atoms with Crippen molar-refractivity contribution in [2.24, 2.45) is 0 Å². The Bertz CT molecular complexity index is 147. The average Bonchev–Trinajstić information content (AvgIpc) is 1.86. The molecule has 1 aromatic rings. The summed E-state index contributed by atoms with van der Waals surface area (Å²) in [6.07, 6.45) is 0. The molecule has 0 fully saturated rings. The summed E-state index contributed by atoms with van der Waals surface area (Å²) in [6, 6.07) is 0. The lowest BCUT2D eigenvalue weighted by atomic mass is 11.6. The molecule has 0 saturated carbocycles.